The van der Waals surface area contributed by atoms with Gasteiger partial charge in [0, 0.05) is 5.69 Å². The summed E-state index contributed by atoms with van der Waals surface area (Å²) in [5.41, 5.74) is 4.61. The van der Waals surface area contributed by atoms with Crippen molar-refractivity contribution in [1.29, 1.82) is 0 Å². The van der Waals surface area contributed by atoms with Gasteiger partial charge in [-0.25, -0.2) is 4.98 Å². The summed E-state index contributed by atoms with van der Waals surface area (Å²) in [4.78, 5) is 17.5. The van der Waals surface area contributed by atoms with Gasteiger partial charge in [0.2, 0.25) is 0 Å². The van der Waals surface area contributed by atoms with Crippen LogP contribution in [0.1, 0.15) is 51.8 Å². The summed E-state index contributed by atoms with van der Waals surface area (Å²) >= 11 is 1.45. The highest BCUT2D eigenvalue weighted by molar-refractivity contribution is 7.13. The molecule has 2 aromatic rings. The van der Waals surface area contributed by atoms with Crippen LogP contribution in [0.5, 0.6) is 0 Å². The number of thiazole rings is 1. The number of benzene rings is 1. The summed E-state index contributed by atoms with van der Waals surface area (Å²) in [6.07, 6.45) is 2.16. The van der Waals surface area contributed by atoms with Crippen LogP contribution in [-0.4, -0.2) is 10.9 Å². The molecule has 21 heavy (non-hydrogen) atoms. The summed E-state index contributed by atoms with van der Waals surface area (Å²) < 4.78 is 0. The number of amides is 1. The topological polar surface area (TPSA) is 42.0 Å². The zero-order chi connectivity index (χ0) is 15.2. The smallest absolute Gasteiger partial charge is 0.267 e. The van der Waals surface area contributed by atoms with E-state index >= 15 is 0 Å². The molecule has 1 aliphatic carbocycles. The van der Waals surface area contributed by atoms with Crippen molar-refractivity contribution in [2.75, 3.05) is 5.32 Å². The summed E-state index contributed by atoms with van der Waals surface area (Å²) in [6, 6.07) is 6.22. The molecule has 1 heterocycles. The minimum absolute atomic E-state index is 0.0452. The molecule has 3 rings (SSSR count). The molecule has 0 unspecified atom stereocenters. The Bertz CT molecular complexity index is 716. The third-order valence-corrected chi connectivity index (χ3v) is 5.33. The SMILES string of the molecule is Cc1nc(C)c(C(=O)Nc2cccc3c2CCC3(C)C)s1. The lowest BCUT2D eigenvalue weighted by Crippen LogP contribution is -2.14. The predicted molar refractivity (Wildman–Crippen MR) is 87.3 cm³/mol. The third-order valence-electron chi connectivity index (χ3n) is 4.26. The molecule has 0 saturated carbocycles. The van der Waals surface area contributed by atoms with Crippen molar-refractivity contribution in [3.05, 3.63) is 44.9 Å². The van der Waals surface area contributed by atoms with Gasteiger partial charge >= 0.3 is 0 Å². The minimum Gasteiger partial charge on any atom is -0.321 e. The number of aromatic nitrogens is 1. The lowest BCUT2D eigenvalue weighted by atomic mass is 9.86. The average molecular weight is 300 g/mol. The molecule has 1 amide bonds. The summed E-state index contributed by atoms with van der Waals surface area (Å²) in [5, 5.41) is 4.01. The van der Waals surface area contributed by atoms with Gasteiger partial charge in [0.1, 0.15) is 4.88 Å². The minimum atomic E-state index is -0.0452. The molecule has 0 saturated heterocycles. The maximum Gasteiger partial charge on any atom is 0.267 e. The van der Waals surface area contributed by atoms with Gasteiger partial charge in [0.25, 0.3) is 5.91 Å². The highest BCUT2D eigenvalue weighted by Crippen LogP contribution is 2.41. The van der Waals surface area contributed by atoms with Crippen molar-refractivity contribution < 1.29 is 4.79 Å². The van der Waals surface area contributed by atoms with Gasteiger partial charge < -0.3 is 5.32 Å². The standard InChI is InChI=1S/C17H20N2OS/c1-10-15(21-11(2)18-10)16(20)19-14-7-5-6-13-12(14)8-9-17(13,3)4/h5-7H,8-9H2,1-4H3,(H,19,20). The molecule has 4 heteroatoms. The van der Waals surface area contributed by atoms with Crippen LogP contribution in [0.2, 0.25) is 0 Å². The van der Waals surface area contributed by atoms with Crippen molar-refractivity contribution in [3.8, 4) is 0 Å². The zero-order valence-corrected chi connectivity index (χ0v) is 13.7. The van der Waals surface area contributed by atoms with Crippen molar-refractivity contribution >= 4 is 22.9 Å². The Kier molecular flexibility index (Phi) is 3.36. The number of anilines is 1. The summed E-state index contributed by atoms with van der Waals surface area (Å²) in [7, 11) is 0. The molecule has 110 valence electrons. The average Bonchev–Trinajstić information content (AvgIpc) is 2.91. The first-order chi connectivity index (χ1) is 9.88. The molecule has 0 radical (unpaired) electrons. The summed E-state index contributed by atoms with van der Waals surface area (Å²) in [6.45, 7) is 8.34. The zero-order valence-electron chi connectivity index (χ0n) is 12.9. The van der Waals surface area contributed by atoms with Gasteiger partial charge in [0.15, 0.2) is 0 Å². The number of hydrogen-bond acceptors (Lipinski definition) is 3. The number of rotatable bonds is 2. The second-order valence-electron chi connectivity index (χ2n) is 6.32. The van der Waals surface area contributed by atoms with Crippen molar-refractivity contribution in [2.45, 2.75) is 46.0 Å². The molecule has 0 bridgehead atoms. The Morgan fingerprint density at radius 1 is 1.33 bits per heavy atom. The monoisotopic (exact) mass is 300 g/mol. The lowest BCUT2D eigenvalue weighted by Gasteiger charge is -2.19. The Hall–Kier alpha value is -1.68. The first-order valence-corrected chi connectivity index (χ1v) is 8.08. The quantitative estimate of drug-likeness (QED) is 0.901. The maximum absolute atomic E-state index is 12.5. The third kappa shape index (κ3) is 2.48. The van der Waals surface area contributed by atoms with Crippen LogP contribution < -0.4 is 5.32 Å². The van der Waals surface area contributed by atoms with Crippen LogP contribution in [0.3, 0.4) is 0 Å². The van der Waals surface area contributed by atoms with Crippen molar-refractivity contribution in [3.63, 3.8) is 0 Å². The largest absolute Gasteiger partial charge is 0.321 e. The fraction of sp³-hybridized carbons (Fsp3) is 0.412. The second kappa shape index (κ2) is 4.95. The van der Waals surface area contributed by atoms with E-state index in [0.29, 0.717) is 4.88 Å². The van der Waals surface area contributed by atoms with Crippen LogP contribution in [0, 0.1) is 13.8 Å². The van der Waals surface area contributed by atoms with Gasteiger partial charge in [0.05, 0.1) is 10.7 Å². The van der Waals surface area contributed by atoms with Crippen molar-refractivity contribution in [1.82, 2.24) is 4.98 Å². The predicted octanol–water partition coefficient (Wildman–Crippen LogP) is 4.24. The molecule has 0 spiro atoms. The van der Waals surface area contributed by atoms with E-state index in [1.54, 1.807) is 0 Å². The number of carbonyl (C=O) groups excluding carboxylic acids is 1. The van der Waals surface area contributed by atoms with E-state index in [-0.39, 0.29) is 11.3 Å². The molecule has 0 atom stereocenters. The van der Waals surface area contributed by atoms with Gasteiger partial charge in [-0.05, 0) is 49.3 Å². The van der Waals surface area contributed by atoms with Crippen molar-refractivity contribution in [2.24, 2.45) is 0 Å². The number of aryl methyl sites for hydroxylation is 2. The Balaban J connectivity index is 1.92. The molecular weight excluding hydrogens is 280 g/mol. The van der Waals surface area contributed by atoms with E-state index < -0.39 is 0 Å². The molecule has 1 aromatic heterocycles. The molecule has 0 fully saturated rings. The molecule has 1 aliphatic rings. The van der Waals surface area contributed by atoms with Gasteiger partial charge in [-0.3, -0.25) is 4.79 Å². The van der Waals surface area contributed by atoms with Crippen LogP contribution in [0.4, 0.5) is 5.69 Å². The second-order valence-corrected chi connectivity index (χ2v) is 7.52. The first-order valence-electron chi connectivity index (χ1n) is 7.26. The van der Waals surface area contributed by atoms with Crippen LogP contribution in [0.25, 0.3) is 0 Å². The van der Waals surface area contributed by atoms with Gasteiger partial charge in [-0.15, -0.1) is 11.3 Å². The normalized spacial score (nSPS) is 15.8. The molecule has 1 aromatic carbocycles. The van der Waals surface area contributed by atoms with E-state index in [4.69, 9.17) is 0 Å². The number of carbonyl (C=O) groups is 1. The fourth-order valence-corrected chi connectivity index (χ4v) is 3.92. The highest BCUT2D eigenvalue weighted by atomic mass is 32.1. The van der Waals surface area contributed by atoms with E-state index in [0.717, 1.165) is 29.2 Å². The van der Waals surface area contributed by atoms with Gasteiger partial charge in [-0.2, -0.15) is 0 Å². The first kappa shape index (κ1) is 14.3. The van der Waals surface area contributed by atoms with E-state index in [9.17, 15) is 4.79 Å². The lowest BCUT2D eigenvalue weighted by molar-refractivity contribution is 0.102. The van der Waals surface area contributed by atoms with E-state index in [1.165, 1.54) is 22.5 Å². The highest BCUT2D eigenvalue weighted by Gasteiger charge is 2.31. The Morgan fingerprint density at radius 3 is 2.76 bits per heavy atom. The number of hydrogen-bond donors (Lipinski definition) is 1. The molecular formula is C17H20N2OS. The number of nitrogens with zero attached hydrogens (tertiary/aromatic N) is 1. The van der Waals surface area contributed by atoms with E-state index in [1.807, 2.05) is 26.0 Å². The van der Waals surface area contributed by atoms with Crippen LogP contribution in [-0.2, 0) is 11.8 Å². The Morgan fingerprint density at radius 2 is 2.10 bits per heavy atom. The number of fused-ring (bicyclic) bond motifs is 1. The fourth-order valence-electron chi connectivity index (χ4n) is 3.10. The Labute approximate surface area is 129 Å². The van der Waals surface area contributed by atoms with Crippen LogP contribution >= 0.6 is 11.3 Å². The number of nitrogens with one attached hydrogen (secondary N) is 1. The molecule has 3 nitrogen and oxygen atoms in total. The van der Waals surface area contributed by atoms with Gasteiger partial charge in [-0.1, -0.05) is 26.0 Å². The maximum atomic E-state index is 12.5. The molecule has 1 N–H and O–H groups in total. The van der Waals surface area contributed by atoms with Crippen LogP contribution in [0.15, 0.2) is 18.2 Å². The summed E-state index contributed by atoms with van der Waals surface area (Å²) in [5.74, 6) is -0.0452. The van der Waals surface area contributed by atoms with E-state index in [2.05, 4.69) is 30.2 Å². The molecule has 0 aliphatic heterocycles.